The van der Waals surface area contributed by atoms with Crippen molar-refractivity contribution in [3.05, 3.63) is 36.0 Å². The van der Waals surface area contributed by atoms with Crippen molar-refractivity contribution in [2.24, 2.45) is 10.9 Å². The second kappa shape index (κ2) is 9.89. The molecule has 1 aliphatic rings. The number of hydrogen-bond acceptors (Lipinski definition) is 5. The molecule has 146 valence electrons. The third kappa shape index (κ3) is 6.23. The van der Waals surface area contributed by atoms with Crippen LogP contribution in [0.25, 0.3) is 0 Å². The van der Waals surface area contributed by atoms with Gasteiger partial charge in [0, 0.05) is 38.3 Å². The number of nitrogens with zero attached hydrogens (tertiary/aromatic N) is 5. The lowest BCUT2D eigenvalue weighted by Gasteiger charge is -2.12. The van der Waals surface area contributed by atoms with Crippen LogP contribution in [0.1, 0.15) is 38.1 Å². The van der Waals surface area contributed by atoms with Gasteiger partial charge < -0.3 is 19.9 Å². The molecule has 0 bridgehead atoms. The second-order valence-corrected chi connectivity index (χ2v) is 6.68. The van der Waals surface area contributed by atoms with Gasteiger partial charge in [-0.25, -0.2) is 9.98 Å². The fourth-order valence-electron chi connectivity index (χ4n) is 2.62. The van der Waals surface area contributed by atoms with Crippen LogP contribution in [0.3, 0.4) is 0 Å². The summed E-state index contributed by atoms with van der Waals surface area (Å²) in [6, 6.07) is 3.94. The van der Waals surface area contributed by atoms with Crippen LogP contribution in [0, 0.1) is 5.92 Å². The Morgan fingerprint density at radius 2 is 2.19 bits per heavy atom. The van der Waals surface area contributed by atoms with Crippen molar-refractivity contribution in [1.29, 1.82) is 0 Å². The summed E-state index contributed by atoms with van der Waals surface area (Å²) in [5.41, 5.74) is 1.05. The smallest absolute Gasteiger partial charge is 0.213 e. The lowest BCUT2D eigenvalue weighted by atomic mass is 10.3. The standard InChI is InChI=1S/C19H29N7O/c1-3-17-25-24-14-26(17)10-9-21-19(20-4-2)23-12-16-7-8-18(22-11-16)27-13-15-5-6-15/h7-8,11,14-15H,3-6,9-10,12-13H2,1-2H3,(H2,20,21,23). The fourth-order valence-corrected chi connectivity index (χ4v) is 2.62. The Hall–Kier alpha value is -2.64. The van der Waals surface area contributed by atoms with Gasteiger partial charge >= 0.3 is 0 Å². The van der Waals surface area contributed by atoms with Crippen LogP contribution in [0.2, 0.25) is 0 Å². The Kier molecular flexibility index (Phi) is 7.01. The van der Waals surface area contributed by atoms with Crippen molar-refractivity contribution in [3.63, 3.8) is 0 Å². The predicted molar refractivity (Wildman–Crippen MR) is 105 cm³/mol. The first-order valence-corrected chi connectivity index (χ1v) is 9.75. The average molecular weight is 371 g/mol. The molecule has 1 saturated carbocycles. The number of aryl methyl sites for hydroxylation is 1. The summed E-state index contributed by atoms with van der Waals surface area (Å²) < 4.78 is 7.73. The van der Waals surface area contributed by atoms with Crippen LogP contribution >= 0.6 is 0 Å². The minimum Gasteiger partial charge on any atom is -0.477 e. The zero-order valence-corrected chi connectivity index (χ0v) is 16.2. The van der Waals surface area contributed by atoms with Crippen LogP contribution in [-0.2, 0) is 19.5 Å². The number of aromatic nitrogens is 4. The molecule has 1 aliphatic carbocycles. The van der Waals surface area contributed by atoms with Gasteiger partial charge in [-0.15, -0.1) is 10.2 Å². The van der Waals surface area contributed by atoms with Crippen LogP contribution in [0.5, 0.6) is 5.88 Å². The lowest BCUT2D eigenvalue weighted by Crippen LogP contribution is -2.38. The number of ether oxygens (including phenoxy) is 1. The van der Waals surface area contributed by atoms with E-state index in [1.54, 1.807) is 6.33 Å². The van der Waals surface area contributed by atoms with Gasteiger partial charge in [-0.2, -0.15) is 0 Å². The SMILES string of the molecule is CCNC(=NCc1ccc(OCC2CC2)nc1)NCCn1cnnc1CC. The Labute approximate surface area is 160 Å². The van der Waals surface area contributed by atoms with Gasteiger partial charge in [-0.3, -0.25) is 0 Å². The van der Waals surface area contributed by atoms with Crippen molar-refractivity contribution in [3.8, 4) is 5.88 Å². The maximum atomic E-state index is 5.67. The van der Waals surface area contributed by atoms with Gasteiger partial charge in [-0.05, 0) is 31.2 Å². The van der Waals surface area contributed by atoms with E-state index in [4.69, 9.17) is 4.74 Å². The molecule has 0 saturated heterocycles. The minimum atomic E-state index is 0.568. The zero-order valence-electron chi connectivity index (χ0n) is 16.2. The van der Waals surface area contributed by atoms with E-state index in [0.29, 0.717) is 12.4 Å². The topological polar surface area (TPSA) is 89.3 Å². The number of aliphatic imine (C=N–C) groups is 1. The van der Waals surface area contributed by atoms with Gasteiger partial charge in [0.05, 0.1) is 13.2 Å². The highest BCUT2D eigenvalue weighted by Gasteiger charge is 2.21. The molecule has 0 aromatic carbocycles. The van der Waals surface area contributed by atoms with Crippen molar-refractivity contribution < 1.29 is 4.74 Å². The Morgan fingerprint density at radius 3 is 2.89 bits per heavy atom. The molecule has 2 aromatic rings. The van der Waals surface area contributed by atoms with Gasteiger partial charge in [0.15, 0.2) is 5.96 Å². The maximum Gasteiger partial charge on any atom is 0.213 e. The summed E-state index contributed by atoms with van der Waals surface area (Å²) in [5, 5.41) is 14.7. The summed E-state index contributed by atoms with van der Waals surface area (Å²) in [5.74, 6) is 3.21. The molecule has 0 atom stereocenters. The Balaban J connectivity index is 1.47. The summed E-state index contributed by atoms with van der Waals surface area (Å²) in [6.07, 6.45) is 7.04. The molecule has 8 nitrogen and oxygen atoms in total. The molecule has 0 aliphatic heterocycles. The quantitative estimate of drug-likeness (QED) is 0.489. The average Bonchev–Trinajstić information content (AvgIpc) is 3.42. The molecule has 2 heterocycles. The van der Waals surface area contributed by atoms with Crippen LogP contribution in [0.4, 0.5) is 0 Å². The molecule has 0 spiro atoms. The van der Waals surface area contributed by atoms with E-state index in [1.165, 1.54) is 12.8 Å². The Bertz CT molecular complexity index is 722. The van der Waals surface area contributed by atoms with Crippen molar-refractivity contribution in [2.45, 2.75) is 46.2 Å². The van der Waals surface area contributed by atoms with E-state index in [1.807, 2.05) is 18.3 Å². The van der Waals surface area contributed by atoms with Crippen LogP contribution in [-0.4, -0.2) is 45.4 Å². The number of hydrogen-bond donors (Lipinski definition) is 2. The third-order valence-corrected chi connectivity index (χ3v) is 4.38. The molecule has 1 fully saturated rings. The highest BCUT2D eigenvalue weighted by molar-refractivity contribution is 5.79. The molecular weight excluding hydrogens is 342 g/mol. The van der Waals surface area contributed by atoms with Gasteiger partial charge in [0.2, 0.25) is 5.88 Å². The highest BCUT2D eigenvalue weighted by Crippen LogP contribution is 2.29. The second-order valence-electron chi connectivity index (χ2n) is 6.68. The van der Waals surface area contributed by atoms with E-state index in [-0.39, 0.29) is 0 Å². The molecule has 2 N–H and O–H groups in total. The number of nitrogens with one attached hydrogen (secondary N) is 2. The first-order valence-electron chi connectivity index (χ1n) is 9.75. The largest absolute Gasteiger partial charge is 0.477 e. The third-order valence-electron chi connectivity index (χ3n) is 4.38. The molecule has 3 rings (SSSR count). The fraction of sp³-hybridized carbons (Fsp3) is 0.579. The predicted octanol–water partition coefficient (Wildman–Crippen LogP) is 1.78. The molecule has 8 heteroatoms. The maximum absolute atomic E-state index is 5.67. The van der Waals surface area contributed by atoms with Crippen molar-refractivity contribution in [2.75, 3.05) is 19.7 Å². The normalized spacial score (nSPS) is 14.2. The van der Waals surface area contributed by atoms with Crippen molar-refractivity contribution in [1.82, 2.24) is 30.4 Å². The van der Waals surface area contributed by atoms with Crippen LogP contribution in [0.15, 0.2) is 29.6 Å². The van der Waals surface area contributed by atoms with Gasteiger partial charge in [-0.1, -0.05) is 13.0 Å². The molecule has 0 amide bonds. The van der Waals surface area contributed by atoms with Gasteiger partial charge in [0.1, 0.15) is 12.2 Å². The van der Waals surface area contributed by atoms with E-state index in [0.717, 1.165) is 55.9 Å². The Morgan fingerprint density at radius 1 is 1.30 bits per heavy atom. The summed E-state index contributed by atoms with van der Waals surface area (Å²) >= 11 is 0. The summed E-state index contributed by atoms with van der Waals surface area (Å²) in [6.45, 7) is 7.85. The number of rotatable bonds is 10. The first kappa shape index (κ1) is 19.1. The summed E-state index contributed by atoms with van der Waals surface area (Å²) in [4.78, 5) is 9.00. The molecular formula is C19H29N7O. The van der Waals surface area contributed by atoms with E-state index < -0.39 is 0 Å². The molecule has 2 aromatic heterocycles. The molecule has 0 unspecified atom stereocenters. The van der Waals surface area contributed by atoms with Crippen molar-refractivity contribution >= 4 is 5.96 Å². The number of pyridine rings is 1. The van der Waals surface area contributed by atoms with E-state index in [2.05, 4.69) is 49.2 Å². The van der Waals surface area contributed by atoms with Crippen LogP contribution < -0.4 is 15.4 Å². The lowest BCUT2D eigenvalue weighted by molar-refractivity contribution is 0.288. The first-order chi connectivity index (χ1) is 13.3. The molecule has 0 radical (unpaired) electrons. The van der Waals surface area contributed by atoms with Gasteiger partial charge in [0.25, 0.3) is 0 Å². The number of guanidine groups is 1. The van der Waals surface area contributed by atoms with E-state index >= 15 is 0 Å². The molecule has 27 heavy (non-hydrogen) atoms. The zero-order chi connectivity index (χ0) is 18.9. The van der Waals surface area contributed by atoms with E-state index in [9.17, 15) is 0 Å². The minimum absolute atomic E-state index is 0.568. The highest BCUT2D eigenvalue weighted by atomic mass is 16.5. The monoisotopic (exact) mass is 371 g/mol. The summed E-state index contributed by atoms with van der Waals surface area (Å²) in [7, 11) is 0.